The predicted molar refractivity (Wildman–Crippen MR) is 145 cm³/mol. The van der Waals surface area contributed by atoms with E-state index in [1.165, 1.54) is 5.69 Å². The van der Waals surface area contributed by atoms with Gasteiger partial charge in [-0.1, -0.05) is 48.5 Å². The molecule has 0 radical (unpaired) electrons. The number of hydrogen-bond acceptors (Lipinski definition) is 6. The second-order valence-electron chi connectivity index (χ2n) is 8.25. The van der Waals surface area contributed by atoms with Crippen molar-refractivity contribution in [2.75, 3.05) is 31.1 Å². The zero-order valence-electron chi connectivity index (χ0n) is 18.9. The van der Waals surface area contributed by atoms with E-state index in [9.17, 15) is 5.26 Å². The standard InChI is InChI=1S/C27H22N6S.ClH/c28-17-21-23(18-8-10-20(11-9-18)33-14-12-29-13-15-33)24-26(22-7-4-16-34-22)31-32-27(24)30-25(21)19-5-2-1-3-6-19;/h1-11,16,29H,12-15H2,(H,30,31,32);1H. The molecule has 4 heterocycles. The summed E-state index contributed by atoms with van der Waals surface area (Å²) in [5.41, 5.74) is 6.68. The van der Waals surface area contributed by atoms with Crippen molar-refractivity contribution in [3.63, 3.8) is 0 Å². The molecule has 0 bridgehead atoms. The number of fused-ring (bicyclic) bond motifs is 1. The number of thiophene rings is 1. The Hall–Kier alpha value is -3.70. The van der Waals surface area contributed by atoms with E-state index in [0.29, 0.717) is 16.9 Å². The molecule has 0 unspecified atom stereocenters. The molecule has 1 fully saturated rings. The Morgan fingerprint density at radius 2 is 1.69 bits per heavy atom. The number of aromatic amines is 1. The molecule has 0 atom stereocenters. The molecule has 0 amide bonds. The normalized spacial score (nSPS) is 13.4. The lowest BCUT2D eigenvalue weighted by Gasteiger charge is -2.29. The van der Waals surface area contributed by atoms with Crippen LogP contribution in [0.2, 0.25) is 0 Å². The van der Waals surface area contributed by atoms with E-state index in [4.69, 9.17) is 4.98 Å². The molecule has 1 aliphatic rings. The number of halogens is 1. The molecule has 2 N–H and O–H groups in total. The van der Waals surface area contributed by atoms with Gasteiger partial charge in [0.1, 0.15) is 6.07 Å². The van der Waals surface area contributed by atoms with Gasteiger partial charge in [0.15, 0.2) is 5.65 Å². The highest BCUT2D eigenvalue weighted by molar-refractivity contribution is 7.13. The lowest BCUT2D eigenvalue weighted by Crippen LogP contribution is -2.43. The number of piperazine rings is 1. The second kappa shape index (κ2) is 9.88. The number of nitrogens with zero attached hydrogens (tertiary/aromatic N) is 4. The van der Waals surface area contributed by atoms with Crippen LogP contribution >= 0.6 is 23.7 Å². The van der Waals surface area contributed by atoms with Crippen molar-refractivity contribution in [2.45, 2.75) is 0 Å². The van der Waals surface area contributed by atoms with Crippen LogP contribution in [0.1, 0.15) is 5.56 Å². The van der Waals surface area contributed by atoms with E-state index in [1.807, 2.05) is 41.8 Å². The van der Waals surface area contributed by atoms with Gasteiger partial charge in [-0.25, -0.2) is 4.98 Å². The van der Waals surface area contributed by atoms with Crippen LogP contribution in [0.25, 0.3) is 44.0 Å². The van der Waals surface area contributed by atoms with Gasteiger partial charge < -0.3 is 10.2 Å². The fourth-order valence-corrected chi connectivity index (χ4v) is 5.35. The van der Waals surface area contributed by atoms with Gasteiger partial charge in [-0.15, -0.1) is 23.7 Å². The molecule has 0 saturated carbocycles. The Balaban J connectivity index is 0.00000253. The molecule has 2 aromatic carbocycles. The number of H-pyrrole nitrogens is 1. The van der Waals surface area contributed by atoms with Crippen LogP contribution in [-0.4, -0.2) is 41.4 Å². The molecule has 174 valence electrons. The molecule has 3 aromatic heterocycles. The van der Waals surface area contributed by atoms with E-state index in [-0.39, 0.29) is 12.4 Å². The SMILES string of the molecule is Cl.N#Cc1c(-c2ccccc2)nc2n[nH]c(-c3cccs3)c2c1-c1ccc(N2CCNCC2)cc1. The van der Waals surface area contributed by atoms with Crippen molar-refractivity contribution >= 4 is 40.5 Å². The summed E-state index contributed by atoms with van der Waals surface area (Å²) in [6.45, 7) is 3.96. The third kappa shape index (κ3) is 4.17. The van der Waals surface area contributed by atoms with Gasteiger partial charge in [-0.05, 0) is 29.1 Å². The fraction of sp³-hybridized carbons (Fsp3) is 0.148. The van der Waals surface area contributed by atoms with Gasteiger partial charge >= 0.3 is 0 Å². The van der Waals surface area contributed by atoms with Crippen LogP contribution in [0, 0.1) is 11.3 Å². The minimum Gasteiger partial charge on any atom is -0.369 e. The second-order valence-corrected chi connectivity index (χ2v) is 9.19. The van der Waals surface area contributed by atoms with Gasteiger partial charge in [0.05, 0.1) is 27.2 Å². The first-order chi connectivity index (χ1) is 16.8. The Morgan fingerprint density at radius 3 is 2.37 bits per heavy atom. The van der Waals surface area contributed by atoms with E-state index in [1.54, 1.807) is 11.3 Å². The van der Waals surface area contributed by atoms with Gasteiger partial charge in [-0.3, -0.25) is 5.10 Å². The van der Waals surface area contributed by atoms with Crippen LogP contribution in [0.3, 0.4) is 0 Å². The summed E-state index contributed by atoms with van der Waals surface area (Å²) in [7, 11) is 0. The molecule has 1 aliphatic heterocycles. The van der Waals surface area contributed by atoms with Crippen molar-refractivity contribution in [1.29, 1.82) is 5.26 Å². The zero-order valence-corrected chi connectivity index (χ0v) is 20.5. The summed E-state index contributed by atoms with van der Waals surface area (Å²) < 4.78 is 0. The molecule has 35 heavy (non-hydrogen) atoms. The van der Waals surface area contributed by atoms with Crippen LogP contribution < -0.4 is 10.2 Å². The smallest absolute Gasteiger partial charge is 0.182 e. The number of nitriles is 1. The summed E-state index contributed by atoms with van der Waals surface area (Å²) >= 11 is 1.64. The monoisotopic (exact) mass is 498 g/mol. The first kappa shape index (κ1) is 23.1. The Labute approximate surface area is 213 Å². The van der Waals surface area contributed by atoms with Gasteiger partial charge in [0, 0.05) is 43.0 Å². The lowest BCUT2D eigenvalue weighted by atomic mass is 9.93. The van der Waals surface area contributed by atoms with Crippen LogP contribution in [0.15, 0.2) is 72.1 Å². The topological polar surface area (TPSA) is 80.6 Å². The van der Waals surface area contributed by atoms with Gasteiger partial charge in [-0.2, -0.15) is 10.4 Å². The number of benzene rings is 2. The number of hydrogen-bond donors (Lipinski definition) is 2. The number of rotatable bonds is 4. The van der Waals surface area contributed by atoms with Crippen molar-refractivity contribution in [1.82, 2.24) is 20.5 Å². The average molecular weight is 499 g/mol. The molecule has 6 rings (SSSR count). The predicted octanol–water partition coefficient (Wildman–Crippen LogP) is 5.72. The highest BCUT2D eigenvalue weighted by Crippen LogP contribution is 2.41. The third-order valence-electron chi connectivity index (χ3n) is 6.27. The maximum atomic E-state index is 10.4. The minimum absolute atomic E-state index is 0. The first-order valence-electron chi connectivity index (χ1n) is 11.3. The molecule has 5 aromatic rings. The van der Waals surface area contributed by atoms with E-state index >= 15 is 0 Å². The lowest BCUT2D eigenvalue weighted by molar-refractivity contribution is 0.589. The number of nitrogens with one attached hydrogen (secondary N) is 2. The number of aromatic nitrogens is 3. The van der Waals surface area contributed by atoms with Crippen molar-refractivity contribution in [3.05, 3.63) is 77.7 Å². The maximum Gasteiger partial charge on any atom is 0.182 e. The summed E-state index contributed by atoms with van der Waals surface area (Å²) in [4.78, 5) is 8.30. The fourth-order valence-electron chi connectivity index (χ4n) is 4.62. The molecule has 0 aliphatic carbocycles. The molecule has 0 spiro atoms. The van der Waals surface area contributed by atoms with Crippen molar-refractivity contribution < 1.29 is 0 Å². The average Bonchev–Trinajstić information content (AvgIpc) is 3.59. The van der Waals surface area contributed by atoms with E-state index < -0.39 is 0 Å². The Kier molecular flexibility index (Phi) is 6.51. The van der Waals surface area contributed by atoms with Crippen LogP contribution in [0.5, 0.6) is 0 Å². The summed E-state index contributed by atoms with van der Waals surface area (Å²) in [6, 6.07) is 25.0. The van der Waals surface area contributed by atoms with Crippen molar-refractivity contribution in [2.24, 2.45) is 0 Å². The van der Waals surface area contributed by atoms with E-state index in [2.05, 4.69) is 56.8 Å². The highest BCUT2D eigenvalue weighted by atomic mass is 35.5. The third-order valence-corrected chi connectivity index (χ3v) is 7.15. The molecular weight excluding hydrogens is 476 g/mol. The maximum absolute atomic E-state index is 10.4. The Morgan fingerprint density at radius 1 is 0.914 bits per heavy atom. The number of anilines is 1. The highest BCUT2D eigenvalue weighted by Gasteiger charge is 2.23. The van der Waals surface area contributed by atoms with Crippen LogP contribution in [-0.2, 0) is 0 Å². The van der Waals surface area contributed by atoms with Gasteiger partial charge in [0.2, 0.25) is 0 Å². The molecule has 1 saturated heterocycles. The first-order valence-corrected chi connectivity index (χ1v) is 12.2. The van der Waals surface area contributed by atoms with Crippen molar-refractivity contribution in [3.8, 4) is 39.0 Å². The zero-order chi connectivity index (χ0) is 22.9. The minimum atomic E-state index is 0. The summed E-state index contributed by atoms with van der Waals surface area (Å²) in [6.07, 6.45) is 0. The molecular formula is C27H23ClN6S. The molecule has 6 nitrogen and oxygen atoms in total. The quantitative estimate of drug-likeness (QED) is 0.331. The molecule has 8 heteroatoms. The van der Waals surface area contributed by atoms with Crippen LogP contribution in [0.4, 0.5) is 5.69 Å². The van der Waals surface area contributed by atoms with Gasteiger partial charge in [0.25, 0.3) is 0 Å². The van der Waals surface area contributed by atoms with E-state index in [0.717, 1.165) is 58.8 Å². The summed E-state index contributed by atoms with van der Waals surface area (Å²) in [5, 5.41) is 24.4. The summed E-state index contributed by atoms with van der Waals surface area (Å²) in [5.74, 6) is 0. The Bertz CT molecular complexity index is 1480. The largest absolute Gasteiger partial charge is 0.369 e. The number of pyridine rings is 1.